The van der Waals surface area contributed by atoms with Crippen LogP contribution < -0.4 is 4.74 Å². The van der Waals surface area contributed by atoms with Crippen LogP contribution in [-0.4, -0.2) is 0 Å². The van der Waals surface area contributed by atoms with E-state index in [4.69, 9.17) is 4.74 Å². The number of ether oxygens (including phenoxy) is 1. The molecule has 0 unspecified atom stereocenters. The lowest BCUT2D eigenvalue weighted by atomic mass is 10.3. The molecule has 0 aliphatic carbocycles. The first-order valence-electron chi connectivity index (χ1n) is 4.75. The van der Waals surface area contributed by atoms with Crippen LogP contribution in [-0.2, 0) is 0 Å². The fourth-order valence-corrected chi connectivity index (χ4v) is 3.27. The van der Waals surface area contributed by atoms with Gasteiger partial charge in [0.25, 0.3) is 0 Å². The van der Waals surface area contributed by atoms with Crippen LogP contribution in [0.1, 0.15) is 0 Å². The molecular weight excluding hydrogens is 256 g/mol. The van der Waals surface area contributed by atoms with Gasteiger partial charge in [-0.15, -0.1) is 25.3 Å². The van der Waals surface area contributed by atoms with Crippen molar-refractivity contribution in [2.75, 3.05) is 0 Å². The number of hydrogen-bond acceptors (Lipinski definition) is 4. The van der Waals surface area contributed by atoms with Crippen LogP contribution in [0.3, 0.4) is 0 Å². The van der Waals surface area contributed by atoms with Crippen LogP contribution in [0, 0.1) is 0 Å². The molecule has 0 aromatic heterocycles. The molecule has 2 aromatic rings. The molecule has 0 spiro atoms. The Bertz CT molecular complexity index is 517. The van der Waals surface area contributed by atoms with Crippen LogP contribution in [0.4, 0.5) is 0 Å². The van der Waals surface area contributed by atoms with Gasteiger partial charge >= 0.3 is 0 Å². The van der Waals surface area contributed by atoms with Crippen molar-refractivity contribution < 1.29 is 4.74 Å². The Kier molecular flexibility index (Phi) is 2.58. The van der Waals surface area contributed by atoms with Gasteiger partial charge in [-0.25, -0.2) is 0 Å². The van der Waals surface area contributed by atoms with Gasteiger partial charge in [0.15, 0.2) is 11.5 Å². The summed E-state index contributed by atoms with van der Waals surface area (Å²) in [4.78, 5) is 3.90. The summed E-state index contributed by atoms with van der Waals surface area (Å²) in [6, 6.07) is 11.9. The van der Waals surface area contributed by atoms with Crippen molar-refractivity contribution in [2.45, 2.75) is 19.6 Å². The summed E-state index contributed by atoms with van der Waals surface area (Å²) >= 11 is 10.5. The summed E-state index contributed by atoms with van der Waals surface area (Å²) < 4.78 is 5.87. The summed E-state index contributed by atoms with van der Waals surface area (Å²) in [7, 11) is 0. The van der Waals surface area contributed by atoms with Gasteiger partial charge in [0.2, 0.25) is 0 Å². The summed E-state index contributed by atoms with van der Waals surface area (Å²) in [5.74, 6) is 1.65. The van der Waals surface area contributed by atoms with E-state index >= 15 is 0 Å². The van der Waals surface area contributed by atoms with Crippen molar-refractivity contribution in [1.82, 2.24) is 0 Å². The van der Waals surface area contributed by atoms with Crippen molar-refractivity contribution in [1.29, 1.82) is 0 Å². The first kappa shape index (κ1) is 10.4. The predicted molar refractivity (Wildman–Crippen MR) is 71.6 cm³/mol. The second-order valence-electron chi connectivity index (χ2n) is 3.41. The molecule has 1 heterocycles. The second-order valence-corrected chi connectivity index (χ2v) is 5.46. The standard InChI is InChI=1S/C12H8OS3/c14-7-3-1-5-9-11(7)13-12-8(15)4-2-6-10(12)16-9/h1-6,14-15H. The van der Waals surface area contributed by atoms with E-state index in [2.05, 4.69) is 25.3 Å². The number of thiol groups is 2. The fourth-order valence-electron chi connectivity index (χ4n) is 1.59. The maximum atomic E-state index is 5.87. The quantitative estimate of drug-likeness (QED) is 0.578. The zero-order chi connectivity index (χ0) is 11.1. The van der Waals surface area contributed by atoms with Gasteiger partial charge in [-0.05, 0) is 24.3 Å². The van der Waals surface area contributed by atoms with E-state index in [9.17, 15) is 0 Å². The molecule has 0 N–H and O–H groups in total. The third kappa shape index (κ3) is 1.61. The average molecular weight is 264 g/mol. The Hall–Kier alpha value is -0.710. The minimum atomic E-state index is 0.824. The molecule has 0 saturated heterocycles. The van der Waals surface area contributed by atoms with Gasteiger partial charge in [0.05, 0.1) is 9.79 Å². The summed E-state index contributed by atoms with van der Waals surface area (Å²) in [6.07, 6.45) is 0. The molecule has 2 aromatic carbocycles. The Labute approximate surface area is 109 Å². The van der Waals surface area contributed by atoms with E-state index in [1.807, 2.05) is 36.4 Å². The predicted octanol–water partition coefficient (Wildman–Crippen LogP) is 4.52. The molecule has 0 fully saturated rings. The fraction of sp³-hybridized carbons (Fsp3) is 0. The van der Waals surface area contributed by atoms with Gasteiger partial charge < -0.3 is 4.74 Å². The molecular formula is C12H8OS3. The lowest BCUT2D eigenvalue weighted by molar-refractivity contribution is 0.432. The lowest BCUT2D eigenvalue weighted by Crippen LogP contribution is -1.96. The van der Waals surface area contributed by atoms with Gasteiger partial charge in [0.1, 0.15) is 0 Å². The number of benzene rings is 2. The normalized spacial score (nSPS) is 12.6. The van der Waals surface area contributed by atoms with E-state index in [0.717, 1.165) is 31.1 Å². The number of hydrogen-bond donors (Lipinski definition) is 2. The highest BCUT2D eigenvalue weighted by Crippen LogP contribution is 2.50. The Morgan fingerprint density at radius 2 is 1.31 bits per heavy atom. The van der Waals surface area contributed by atoms with E-state index in [1.54, 1.807) is 11.8 Å². The average Bonchev–Trinajstić information content (AvgIpc) is 2.28. The largest absolute Gasteiger partial charge is 0.453 e. The third-order valence-electron chi connectivity index (χ3n) is 2.34. The molecule has 0 radical (unpaired) electrons. The molecule has 1 aliphatic rings. The van der Waals surface area contributed by atoms with Crippen LogP contribution in [0.2, 0.25) is 0 Å². The monoisotopic (exact) mass is 264 g/mol. The lowest BCUT2D eigenvalue weighted by Gasteiger charge is -2.21. The summed E-state index contributed by atoms with van der Waals surface area (Å²) in [5, 5.41) is 0. The van der Waals surface area contributed by atoms with Gasteiger partial charge in [0, 0.05) is 9.79 Å². The molecule has 16 heavy (non-hydrogen) atoms. The molecule has 80 valence electrons. The van der Waals surface area contributed by atoms with Crippen LogP contribution in [0.15, 0.2) is 56.0 Å². The van der Waals surface area contributed by atoms with Crippen LogP contribution in [0.25, 0.3) is 0 Å². The Morgan fingerprint density at radius 1 is 0.812 bits per heavy atom. The SMILES string of the molecule is Sc1cccc2c1Oc1c(S)cccc1S2. The van der Waals surface area contributed by atoms with E-state index < -0.39 is 0 Å². The third-order valence-corrected chi connectivity index (χ3v) is 4.13. The maximum Gasteiger partial charge on any atom is 0.154 e. The molecule has 3 rings (SSSR count). The maximum absolute atomic E-state index is 5.87. The molecule has 1 nitrogen and oxygen atoms in total. The van der Waals surface area contributed by atoms with Crippen LogP contribution >= 0.6 is 37.0 Å². The molecule has 0 saturated carbocycles. The van der Waals surface area contributed by atoms with E-state index in [0.29, 0.717) is 0 Å². The highest BCUT2D eigenvalue weighted by Gasteiger charge is 2.20. The minimum absolute atomic E-state index is 0.824. The highest BCUT2D eigenvalue weighted by atomic mass is 32.2. The molecule has 0 bridgehead atoms. The Morgan fingerprint density at radius 3 is 1.81 bits per heavy atom. The smallest absolute Gasteiger partial charge is 0.154 e. The number of para-hydroxylation sites is 2. The van der Waals surface area contributed by atoms with Crippen molar-refractivity contribution in [2.24, 2.45) is 0 Å². The zero-order valence-corrected chi connectivity index (χ0v) is 10.8. The van der Waals surface area contributed by atoms with Gasteiger partial charge in [-0.1, -0.05) is 23.9 Å². The zero-order valence-electron chi connectivity index (χ0n) is 8.18. The first-order chi connectivity index (χ1) is 7.75. The topological polar surface area (TPSA) is 9.23 Å². The van der Waals surface area contributed by atoms with Crippen molar-refractivity contribution in [3.8, 4) is 11.5 Å². The molecule has 0 amide bonds. The molecule has 0 atom stereocenters. The van der Waals surface area contributed by atoms with Crippen molar-refractivity contribution >= 4 is 37.0 Å². The van der Waals surface area contributed by atoms with Crippen molar-refractivity contribution in [3.05, 3.63) is 36.4 Å². The Balaban J connectivity index is 2.17. The van der Waals surface area contributed by atoms with Gasteiger partial charge in [-0.2, -0.15) is 0 Å². The minimum Gasteiger partial charge on any atom is -0.453 e. The first-order valence-corrected chi connectivity index (χ1v) is 6.46. The molecule has 1 aliphatic heterocycles. The highest BCUT2D eigenvalue weighted by molar-refractivity contribution is 7.99. The van der Waals surface area contributed by atoms with Gasteiger partial charge in [-0.3, -0.25) is 0 Å². The van der Waals surface area contributed by atoms with E-state index in [-0.39, 0.29) is 0 Å². The molecule has 4 heteroatoms. The second kappa shape index (κ2) is 3.95. The summed E-state index contributed by atoms with van der Waals surface area (Å²) in [6.45, 7) is 0. The van der Waals surface area contributed by atoms with Crippen LogP contribution in [0.5, 0.6) is 11.5 Å². The summed E-state index contributed by atoms with van der Waals surface area (Å²) in [5.41, 5.74) is 0. The number of fused-ring (bicyclic) bond motifs is 2. The number of rotatable bonds is 0. The van der Waals surface area contributed by atoms with Crippen molar-refractivity contribution in [3.63, 3.8) is 0 Å². The van der Waals surface area contributed by atoms with E-state index in [1.165, 1.54) is 0 Å².